The van der Waals surface area contributed by atoms with Crippen LogP contribution in [-0.4, -0.2) is 11.7 Å². The Labute approximate surface area is 150 Å². The molecule has 2 aromatic rings. The molecule has 110 valence electrons. The van der Waals surface area contributed by atoms with Crippen molar-refractivity contribution in [3.8, 4) is 0 Å². The first-order valence-electron chi connectivity index (χ1n) is 6.27. The summed E-state index contributed by atoms with van der Waals surface area (Å²) in [4.78, 5) is 16.8. The standard InChI is InChI=1S/C16H8Cl2INO2/c17-10-4-5-12(14(18)8-10)15-13(16(21)22-20-15)7-9-2-1-3-11(19)6-9/h1-8H/b13-7-. The number of rotatable bonds is 2. The largest absolute Gasteiger partial charge is 0.368 e. The van der Waals surface area contributed by atoms with Crippen LogP contribution in [0.4, 0.5) is 0 Å². The maximum absolute atomic E-state index is 11.9. The summed E-state index contributed by atoms with van der Waals surface area (Å²) in [5, 5.41) is 4.78. The Bertz CT molecular complexity index is 831. The van der Waals surface area contributed by atoms with E-state index in [2.05, 4.69) is 27.7 Å². The van der Waals surface area contributed by atoms with Gasteiger partial charge in [0.2, 0.25) is 0 Å². The molecular formula is C16H8Cl2INO2. The molecule has 0 aromatic heterocycles. The normalized spacial score (nSPS) is 15.9. The van der Waals surface area contributed by atoms with Crippen molar-refractivity contribution in [2.75, 3.05) is 0 Å². The van der Waals surface area contributed by atoms with E-state index in [1.54, 1.807) is 24.3 Å². The van der Waals surface area contributed by atoms with Crippen molar-refractivity contribution in [2.45, 2.75) is 0 Å². The Morgan fingerprint density at radius 3 is 2.68 bits per heavy atom. The summed E-state index contributed by atoms with van der Waals surface area (Å²) >= 11 is 14.3. The molecule has 0 radical (unpaired) electrons. The zero-order chi connectivity index (χ0) is 15.7. The van der Waals surface area contributed by atoms with E-state index in [4.69, 9.17) is 28.0 Å². The van der Waals surface area contributed by atoms with E-state index in [-0.39, 0.29) is 0 Å². The first kappa shape index (κ1) is 15.5. The van der Waals surface area contributed by atoms with Gasteiger partial charge >= 0.3 is 5.97 Å². The lowest BCUT2D eigenvalue weighted by atomic mass is 10.0. The van der Waals surface area contributed by atoms with Gasteiger partial charge in [-0.05, 0) is 64.6 Å². The third-order valence-corrected chi connectivity index (χ3v) is 4.26. The van der Waals surface area contributed by atoms with Gasteiger partial charge in [-0.3, -0.25) is 0 Å². The topological polar surface area (TPSA) is 38.7 Å². The number of oxime groups is 1. The fraction of sp³-hybridized carbons (Fsp3) is 0. The Hall–Kier alpha value is -1.37. The van der Waals surface area contributed by atoms with Crippen molar-refractivity contribution in [3.05, 3.63) is 72.8 Å². The number of carbonyl (C=O) groups is 1. The first-order chi connectivity index (χ1) is 10.5. The van der Waals surface area contributed by atoms with Gasteiger partial charge in [0.05, 0.1) is 10.6 Å². The highest BCUT2D eigenvalue weighted by Gasteiger charge is 2.28. The van der Waals surface area contributed by atoms with Crippen molar-refractivity contribution >= 4 is 63.5 Å². The quantitative estimate of drug-likeness (QED) is 0.374. The van der Waals surface area contributed by atoms with E-state index in [1.807, 2.05) is 24.3 Å². The van der Waals surface area contributed by atoms with Gasteiger partial charge in [0, 0.05) is 14.2 Å². The number of hydrogen-bond donors (Lipinski definition) is 0. The Morgan fingerprint density at radius 1 is 1.14 bits per heavy atom. The molecule has 0 bridgehead atoms. The Kier molecular flexibility index (Phi) is 4.52. The summed E-state index contributed by atoms with van der Waals surface area (Å²) in [6.45, 7) is 0. The van der Waals surface area contributed by atoms with Gasteiger partial charge in [0.1, 0.15) is 5.71 Å². The van der Waals surface area contributed by atoms with Crippen LogP contribution in [0.3, 0.4) is 0 Å². The summed E-state index contributed by atoms with van der Waals surface area (Å²) in [5.74, 6) is -0.500. The molecule has 2 aromatic carbocycles. The molecule has 0 unspecified atom stereocenters. The molecule has 0 atom stereocenters. The van der Waals surface area contributed by atoms with Gasteiger partial charge in [-0.1, -0.05) is 40.5 Å². The van der Waals surface area contributed by atoms with Crippen LogP contribution < -0.4 is 0 Å². The van der Waals surface area contributed by atoms with Crippen LogP contribution in [0.25, 0.3) is 6.08 Å². The maximum Gasteiger partial charge on any atom is 0.368 e. The number of nitrogens with zero attached hydrogens (tertiary/aromatic N) is 1. The third-order valence-electron chi connectivity index (χ3n) is 3.04. The summed E-state index contributed by atoms with van der Waals surface area (Å²) in [6.07, 6.45) is 1.74. The molecule has 0 spiro atoms. The van der Waals surface area contributed by atoms with Crippen LogP contribution in [0.15, 0.2) is 53.2 Å². The molecule has 0 aliphatic carbocycles. The molecular weight excluding hydrogens is 436 g/mol. The van der Waals surface area contributed by atoms with Crippen molar-refractivity contribution < 1.29 is 9.63 Å². The van der Waals surface area contributed by atoms with Crippen LogP contribution in [0.1, 0.15) is 11.1 Å². The molecule has 22 heavy (non-hydrogen) atoms. The average molecular weight is 444 g/mol. The fourth-order valence-corrected chi connectivity index (χ4v) is 3.11. The second-order valence-electron chi connectivity index (χ2n) is 4.56. The highest BCUT2D eigenvalue weighted by Crippen LogP contribution is 2.28. The minimum Gasteiger partial charge on any atom is -0.312 e. The van der Waals surface area contributed by atoms with Gasteiger partial charge in [-0.2, -0.15) is 0 Å². The van der Waals surface area contributed by atoms with E-state index >= 15 is 0 Å². The lowest BCUT2D eigenvalue weighted by molar-refractivity contribution is -0.136. The lowest BCUT2D eigenvalue weighted by Gasteiger charge is -2.04. The van der Waals surface area contributed by atoms with Crippen LogP contribution >= 0.6 is 45.8 Å². The summed E-state index contributed by atoms with van der Waals surface area (Å²) in [5.41, 5.74) is 2.27. The van der Waals surface area contributed by atoms with Crippen LogP contribution in [0, 0.1) is 3.57 Å². The van der Waals surface area contributed by atoms with E-state index in [9.17, 15) is 4.79 Å². The number of hydrogen-bond acceptors (Lipinski definition) is 3. The molecule has 0 saturated carbocycles. The Morgan fingerprint density at radius 2 is 1.95 bits per heavy atom. The SMILES string of the molecule is O=C1ON=C(c2ccc(Cl)cc2Cl)/C1=C/c1cccc(I)c1. The van der Waals surface area contributed by atoms with Crippen LogP contribution in [0.2, 0.25) is 10.0 Å². The predicted molar refractivity (Wildman–Crippen MR) is 96.2 cm³/mol. The molecule has 3 nitrogen and oxygen atoms in total. The molecule has 0 saturated heterocycles. The number of benzene rings is 2. The molecule has 1 heterocycles. The zero-order valence-corrected chi connectivity index (χ0v) is 14.7. The van der Waals surface area contributed by atoms with Crippen LogP contribution in [-0.2, 0) is 9.63 Å². The van der Waals surface area contributed by atoms with Gasteiger partial charge in [-0.15, -0.1) is 0 Å². The van der Waals surface area contributed by atoms with E-state index in [1.165, 1.54) is 0 Å². The number of carbonyl (C=O) groups excluding carboxylic acids is 1. The van der Waals surface area contributed by atoms with Gasteiger partial charge in [0.15, 0.2) is 0 Å². The predicted octanol–water partition coefficient (Wildman–Crippen LogP) is 4.94. The molecule has 1 aliphatic heterocycles. The highest BCUT2D eigenvalue weighted by atomic mass is 127. The maximum atomic E-state index is 11.9. The van der Waals surface area contributed by atoms with Gasteiger partial charge < -0.3 is 4.84 Å². The molecule has 1 aliphatic rings. The van der Waals surface area contributed by atoms with Crippen molar-refractivity contribution in [2.24, 2.45) is 5.16 Å². The molecule has 3 rings (SSSR count). The molecule has 0 fully saturated rings. The highest BCUT2D eigenvalue weighted by molar-refractivity contribution is 14.1. The summed E-state index contributed by atoms with van der Waals surface area (Å²) < 4.78 is 1.07. The molecule has 0 amide bonds. The second kappa shape index (κ2) is 6.40. The van der Waals surface area contributed by atoms with Crippen LogP contribution in [0.5, 0.6) is 0 Å². The first-order valence-corrected chi connectivity index (χ1v) is 8.10. The monoisotopic (exact) mass is 443 g/mol. The van der Waals surface area contributed by atoms with Crippen molar-refractivity contribution in [1.82, 2.24) is 0 Å². The van der Waals surface area contributed by atoms with Crippen molar-refractivity contribution in [3.63, 3.8) is 0 Å². The summed E-state index contributed by atoms with van der Waals surface area (Å²) in [6, 6.07) is 12.8. The lowest BCUT2D eigenvalue weighted by Crippen LogP contribution is -2.07. The zero-order valence-electron chi connectivity index (χ0n) is 11.0. The molecule has 6 heteroatoms. The van der Waals surface area contributed by atoms with E-state index < -0.39 is 5.97 Å². The smallest absolute Gasteiger partial charge is 0.312 e. The average Bonchev–Trinajstić information content (AvgIpc) is 2.81. The van der Waals surface area contributed by atoms with Crippen molar-refractivity contribution in [1.29, 1.82) is 0 Å². The van der Waals surface area contributed by atoms with Gasteiger partial charge in [0.25, 0.3) is 0 Å². The van der Waals surface area contributed by atoms with Gasteiger partial charge in [-0.25, -0.2) is 4.79 Å². The number of halogens is 3. The van der Waals surface area contributed by atoms with E-state index in [0.717, 1.165) is 9.13 Å². The second-order valence-corrected chi connectivity index (χ2v) is 6.65. The fourth-order valence-electron chi connectivity index (χ4n) is 2.05. The summed E-state index contributed by atoms with van der Waals surface area (Å²) in [7, 11) is 0. The third kappa shape index (κ3) is 3.19. The minimum absolute atomic E-state index is 0.367. The molecule has 0 N–H and O–H groups in total. The Balaban J connectivity index is 2.06. The minimum atomic E-state index is -0.500. The van der Waals surface area contributed by atoms with E-state index in [0.29, 0.717) is 26.9 Å².